The highest BCUT2D eigenvalue weighted by Crippen LogP contribution is 2.47. The van der Waals surface area contributed by atoms with Crippen molar-refractivity contribution in [3.63, 3.8) is 0 Å². The van der Waals surface area contributed by atoms with Crippen molar-refractivity contribution in [2.45, 2.75) is 110 Å². The summed E-state index contributed by atoms with van der Waals surface area (Å²) in [5.41, 5.74) is 0. The SMILES string of the molecule is CC[Si]1(O[Si]C)O[Si]2(CC)O[Si](CC)(O[Si]C)O[Si]3(CC)O[Si](CC)(O[Si]C)O[Si](CC)(O1)O[Si](CC)(O2)O3. The molecule has 4 bridgehead atoms. The molecule has 3 aliphatic heterocycles. The number of hydrogen-bond donors (Lipinski definition) is 0. The van der Waals surface area contributed by atoms with Gasteiger partial charge in [0.15, 0.2) is 0 Å². The maximum absolute atomic E-state index is 7.09. The van der Waals surface area contributed by atoms with Gasteiger partial charge in [0, 0.05) is 42.3 Å². The van der Waals surface area contributed by atoms with Crippen LogP contribution in [0.25, 0.3) is 0 Å². The molecule has 0 unspecified atom stereocenters. The molecule has 3 saturated heterocycles. The highest BCUT2D eigenvalue weighted by atomic mass is 28.6. The lowest BCUT2D eigenvalue weighted by atomic mass is 11.0. The molecule has 0 aromatic heterocycles. The third-order valence-corrected chi connectivity index (χ3v) is 41.2. The summed E-state index contributed by atoms with van der Waals surface area (Å²) < 4.78 is 82.8. The minimum Gasteiger partial charge on any atom is -0.416 e. The van der Waals surface area contributed by atoms with E-state index in [0.717, 1.165) is 0 Å². The first kappa shape index (κ1) is 35.2. The van der Waals surface area contributed by atoms with E-state index in [4.69, 9.17) is 49.4 Å². The third-order valence-electron chi connectivity index (χ3n) is 6.60. The molecule has 0 aliphatic carbocycles. The standard InChI is InChI=1S/C17H44O12Si10/c1-11-33(18-30-8)21-36(14-4)23-34(12-2,19-31-9)25-38(16-6)26-35(13-3,20-32-10)24-37(15-5,22-33)28-39(17-7,27-36)29-38/h11-17H2,1-10H3. The van der Waals surface area contributed by atoms with Crippen molar-refractivity contribution in [2.75, 3.05) is 0 Å². The van der Waals surface area contributed by atoms with E-state index in [2.05, 4.69) is 0 Å². The Morgan fingerprint density at radius 3 is 0.718 bits per heavy atom. The van der Waals surface area contributed by atoms with Crippen molar-refractivity contribution in [1.82, 2.24) is 0 Å². The van der Waals surface area contributed by atoms with Crippen molar-refractivity contribution in [2.24, 2.45) is 0 Å². The molecule has 6 radical (unpaired) electrons. The Labute approximate surface area is 249 Å². The van der Waals surface area contributed by atoms with Crippen molar-refractivity contribution in [3.05, 3.63) is 0 Å². The number of fused-ring (bicyclic) bond motifs is 3. The molecule has 224 valence electrons. The summed E-state index contributed by atoms with van der Waals surface area (Å²) in [6, 6.07) is 3.27. The van der Waals surface area contributed by atoms with Gasteiger partial charge in [-0.15, -0.1) is 0 Å². The van der Waals surface area contributed by atoms with Crippen LogP contribution < -0.4 is 0 Å². The molecular formula is C17H44O12Si10. The topological polar surface area (TPSA) is 111 Å². The first-order valence-corrected chi connectivity index (χ1v) is 31.6. The fourth-order valence-corrected chi connectivity index (χ4v) is 48.8. The van der Waals surface area contributed by atoms with Crippen molar-refractivity contribution < 1.29 is 49.4 Å². The van der Waals surface area contributed by atoms with E-state index in [1.807, 2.05) is 68.1 Å². The molecule has 12 nitrogen and oxygen atoms in total. The van der Waals surface area contributed by atoms with Gasteiger partial charge in [-0.25, -0.2) is 0 Å². The van der Waals surface area contributed by atoms with E-state index in [1.54, 1.807) is 0 Å². The van der Waals surface area contributed by atoms with E-state index in [0.29, 0.717) is 42.3 Å². The normalized spacial score (nSPS) is 44.8. The van der Waals surface area contributed by atoms with Gasteiger partial charge in [-0.3, -0.25) is 0 Å². The van der Waals surface area contributed by atoms with Crippen LogP contribution in [0.2, 0.25) is 61.9 Å². The quantitative estimate of drug-likeness (QED) is 0.257. The number of hydrogen-bond acceptors (Lipinski definition) is 12. The summed E-state index contributed by atoms with van der Waals surface area (Å²) in [6.45, 7) is 19.8. The van der Waals surface area contributed by atoms with E-state index in [1.165, 1.54) is 0 Å². The van der Waals surface area contributed by atoms with Crippen LogP contribution in [-0.2, 0) is 49.4 Å². The first-order chi connectivity index (χ1) is 18.5. The zero-order valence-electron chi connectivity index (χ0n) is 24.8. The van der Waals surface area contributed by atoms with E-state index in [-0.39, 0.29) is 29.3 Å². The lowest BCUT2D eigenvalue weighted by Crippen LogP contribution is -2.82. The highest BCUT2D eigenvalue weighted by Gasteiger charge is 2.76. The van der Waals surface area contributed by atoms with E-state index in [9.17, 15) is 0 Å². The minimum absolute atomic E-state index is 0.120. The molecular weight excluding hydrogens is 677 g/mol. The molecule has 0 amide bonds. The molecule has 0 saturated carbocycles. The van der Waals surface area contributed by atoms with Crippen molar-refractivity contribution in [3.8, 4) is 0 Å². The predicted molar refractivity (Wildman–Crippen MR) is 162 cm³/mol. The minimum atomic E-state index is -3.60. The average Bonchev–Trinajstić information content (AvgIpc) is 2.90. The maximum Gasteiger partial charge on any atom is 0.478 e. The fourth-order valence-electron chi connectivity index (χ4n) is 4.55. The third kappa shape index (κ3) is 7.17. The Balaban J connectivity index is 2.40. The van der Waals surface area contributed by atoms with Crippen LogP contribution >= 0.6 is 0 Å². The van der Waals surface area contributed by atoms with Crippen LogP contribution in [0.15, 0.2) is 0 Å². The molecule has 0 atom stereocenters. The largest absolute Gasteiger partial charge is 0.478 e. The Morgan fingerprint density at radius 1 is 0.359 bits per heavy atom. The zero-order chi connectivity index (χ0) is 29.1. The second-order valence-corrected chi connectivity index (χ2v) is 34.6. The summed E-state index contributed by atoms with van der Waals surface area (Å²) in [5, 5.41) is 0. The van der Waals surface area contributed by atoms with Gasteiger partial charge in [-0.2, -0.15) is 0 Å². The van der Waals surface area contributed by atoms with E-state index >= 15 is 0 Å². The molecule has 0 N–H and O–H groups in total. The lowest BCUT2D eigenvalue weighted by Gasteiger charge is -2.57. The summed E-state index contributed by atoms with van der Waals surface area (Å²) in [7, 11) is -24.4. The van der Waals surface area contributed by atoms with Gasteiger partial charge in [-0.1, -0.05) is 48.5 Å². The summed E-state index contributed by atoms with van der Waals surface area (Å²) in [6.07, 6.45) is 0. The summed E-state index contributed by atoms with van der Waals surface area (Å²) in [4.78, 5) is 0. The number of rotatable bonds is 13. The molecule has 3 fully saturated rings. The van der Waals surface area contributed by atoms with Crippen LogP contribution in [0, 0.1) is 0 Å². The monoisotopic (exact) mass is 720 g/mol. The second kappa shape index (κ2) is 13.8. The lowest BCUT2D eigenvalue weighted by molar-refractivity contribution is 0.0149. The summed E-state index contributed by atoms with van der Waals surface area (Å²) >= 11 is 0. The van der Waals surface area contributed by atoms with Gasteiger partial charge in [0.25, 0.3) is 0 Å². The van der Waals surface area contributed by atoms with Crippen LogP contribution in [-0.4, -0.2) is 90.9 Å². The zero-order valence-corrected chi connectivity index (χ0v) is 34.8. The van der Waals surface area contributed by atoms with Crippen LogP contribution in [0.5, 0.6) is 0 Å². The highest BCUT2D eigenvalue weighted by molar-refractivity contribution is 6.99. The van der Waals surface area contributed by atoms with E-state index < -0.39 is 61.6 Å². The van der Waals surface area contributed by atoms with Gasteiger partial charge >= 0.3 is 61.6 Å². The molecule has 39 heavy (non-hydrogen) atoms. The molecule has 3 aliphatic rings. The molecule has 0 aromatic rings. The van der Waals surface area contributed by atoms with Gasteiger partial charge in [-0.05, 0) is 19.6 Å². The Hall–Kier alpha value is 1.69. The van der Waals surface area contributed by atoms with Crippen LogP contribution in [0.4, 0.5) is 0 Å². The van der Waals surface area contributed by atoms with Crippen molar-refractivity contribution >= 4 is 90.9 Å². The fraction of sp³-hybridized carbons (Fsp3) is 1.00. The van der Waals surface area contributed by atoms with Gasteiger partial charge < -0.3 is 49.4 Å². The van der Waals surface area contributed by atoms with Gasteiger partial charge in [0.1, 0.15) is 0 Å². The summed E-state index contributed by atoms with van der Waals surface area (Å²) in [5.74, 6) is 0. The smallest absolute Gasteiger partial charge is 0.416 e. The van der Waals surface area contributed by atoms with Crippen molar-refractivity contribution in [1.29, 1.82) is 0 Å². The first-order valence-electron chi connectivity index (χ1n) is 13.8. The molecule has 0 aromatic carbocycles. The van der Waals surface area contributed by atoms with Gasteiger partial charge in [0.2, 0.25) is 29.3 Å². The second-order valence-electron chi connectivity index (χ2n) is 9.09. The molecule has 3 heterocycles. The molecule has 0 spiro atoms. The van der Waals surface area contributed by atoms with Gasteiger partial charge in [0.05, 0.1) is 0 Å². The molecule has 22 heteroatoms. The maximum atomic E-state index is 7.09. The Morgan fingerprint density at radius 2 is 0.564 bits per heavy atom. The Kier molecular flexibility index (Phi) is 12.4. The predicted octanol–water partition coefficient (Wildman–Crippen LogP) is 3.94. The average molecular weight is 721 g/mol. The van der Waals surface area contributed by atoms with Crippen LogP contribution in [0.3, 0.4) is 0 Å². The molecule has 3 rings (SSSR count). The Bertz CT molecular complexity index is 699. The van der Waals surface area contributed by atoms with Crippen LogP contribution in [0.1, 0.15) is 48.5 Å².